The Kier molecular flexibility index (Phi) is 6.10. The van der Waals surface area contributed by atoms with Crippen LogP contribution in [0.4, 0.5) is 14.5 Å². The van der Waals surface area contributed by atoms with Crippen LogP contribution in [0.2, 0.25) is 0 Å². The van der Waals surface area contributed by atoms with Gasteiger partial charge < -0.3 is 9.73 Å². The van der Waals surface area contributed by atoms with E-state index >= 15 is 0 Å². The molecule has 1 aromatic carbocycles. The number of nitrogens with zero attached hydrogens (tertiary/aromatic N) is 3. The zero-order chi connectivity index (χ0) is 22.0. The van der Waals surface area contributed by atoms with Gasteiger partial charge in [-0.3, -0.25) is 9.36 Å². The number of hydrogen-bond donors (Lipinski definition) is 1. The second-order valence-corrected chi connectivity index (χ2v) is 9.75. The van der Waals surface area contributed by atoms with Crippen molar-refractivity contribution >= 4 is 33.2 Å². The maximum Gasteiger partial charge on any atom is 0.341 e. The highest BCUT2D eigenvalue weighted by Gasteiger charge is 2.31. The molecule has 0 atom stereocenters. The minimum Gasteiger partial charge on any atom is -0.467 e. The van der Waals surface area contributed by atoms with Crippen LogP contribution in [0.15, 0.2) is 57.1 Å². The number of para-hydroxylation sites is 1. The number of furan rings is 1. The number of rotatable bonds is 9. The van der Waals surface area contributed by atoms with Gasteiger partial charge in [-0.15, -0.1) is 10.2 Å². The lowest BCUT2D eigenvalue weighted by atomic mass is 10.3. The number of amides is 1. The van der Waals surface area contributed by atoms with Gasteiger partial charge in [-0.05, 0) is 37.1 Å². The Balaban J connectivity index is 1.47. The molecule has 0 spiro atoms. The van der Waals surface area contributed by atoms with Crippen LogP contribution in [0.3, 0.4) is 0 Å². The van der Waals surface area contributed by atoms with Gasteiger partial charge in [0.05, 0.1) is 29.1 Å². The number of alkyl halides is 2. The number of sulfone groups is 1. The van der Waals surface area contributed by atoms with Crippen LogP contribution in [0.25, 0.3) is 0 Å². The van der Waals surface area contributed by atoms with E-state index in [4.69, 9.17) is 4.42 Å². The maximum atomic E-state index is 12.9. The van der Waals surface area contributed by atoms with Crippen molar-refractivity contribution in [3.8, 4) is 0 Å². The molecule has 1 saturated carbocycles. The van der Waals surface area contributed by atoms with E-state index in [1.54, 1.807) is 12.3 Å². The summed E-state index contributed by atoms with van der Waals surface area (Å²) >= 11 is 1.12. The minimum atomic E-state index is -4.85. The van der Waals surface area contributed by atoms with Crippen molar-refractivity contribution in [1.82, 2.24) is 14.8 Å². The molecule has 1 aliphatic carbocycles. The summed E-state index contributed by atoms with van der Waals surface area (Å²) in [6.45, 7) is 0.422. The number of aromatic nitrogens is 3. The third-order valence-electron chi connectivity index (χ3n) is 4.62. The lowest BCUT2D eigenvalue weighted by molar-refractivity contribution is -0.113. The van der Waals surface area contributed by atoms with Crippen LogP contribution in [-0.4, -0.2) is 40.6 Å². The summed E-state index contributed by atoms with van der Waals surface area (Å²) in [6.07, 6.45) is 3.62. The van der Waals surface area contributed by atoms with Crippen molar-refractivity contribution in [1.29, 1.82) is 0 Å². The third-order valence-corrected chi connectivity index (χ3v) is 7.02. The first-order valence-corrected chi connectivity index (χ1v) is 11.9. The van der Waals surface area contributed by atoms with Crippen LogP contribution < -0.4 is 5.32 Å². The normalized spacial score (nSPS) is 14.2. The number of carbonyl (C=O) groups excluding carboxylic acids is 1. The molecule has 2 heterocycles. The van der Waals surface area contributed by atoms with Gasteiger partial charge in [0.15, 0.2) is 5.16 Å². The van der Waals surface area contributed by atoms with Crippen molar-refractivity contribution < 1.29 is 26.4 Å². The first-order chi connectivity index (χ1) is 14.9. The largest absolute Gasteiger partial charge is 0.467 e. The van der Waals surface area contributed by atoms with Gasteiger partial charge in [0.2, 0.25) is 15.7 Å². The van der Waals surface area contributed by atoms with Gasteiger partial charge in [0.25, 0.3) is 0 Å². The average molecular weight is 469 g/mol. The molecule has 1 N–H and O–H groups in total. The number of nitrogens with one attached hydrogen (secondary N) is 1. The van der Waals surface area contributed by atoms with Gasteiger partial charge in [-0.1, -0.05) is 23.9 Å². The molecule has 0 bridgehead atoms. The van der Waals surface area contributed by atoms with E-state index in [0.717, 1.165) is 42.3 Å². The molecule has 2 aromatic heterocycles. The third kappa shape index (κ3) is 4.79. The molecule has 31 heavy (non-hydrogen) atoms. The van der Waals surface area contributed by atoms with Gasteiger partial charge in [-0.2, -0.15) is 8.78 Å². The van der Waals surface area contributed by atoms with Crippen molar-refractivity contribution in [2.24, 2.45) is 0 Å². The molecule has 1 fully saturated rings. The van der Waals surface area contributed by atoms with E-state index < -0.39 is 26.4 Å². The summed E-state index contributed by atoms with van der Waals surface area (Å²) in [5, 5.41) is 11.3. The van der Waals surface area contributed by atoms with Crippen LogP contribution >= 0.6 is 11.8 Å². The van der Waals surface area contributed by atoms with Gasteiger partial charge in [0.1, 0.15) is 11.6 Å². The summed E-state index contributed by atoms with van der Waals surface area (Å²) in [5.41, 5.74) is -0.191. The Labute approximate surface area is 181 Å². The Bertz CT molecular complexity index is 1180. The SMILES string of the molecule is O=C(CSc1nnc(C2CC2)n1Cc1ccco1)Nc1ccccc1S(=O)(=O)C(F)F. The number of hydrogen-bond acceptors (Lipinski definition) is 7. The molecule has 0 radical (unpaired) electrons. The molecule has 0 unspecified atom stereocenters. The molecule has 8 nitrogen and oxygen atoms in total. The maximum absolute atomic E-state index is 12.9. The fraction of sp³-hybridized carbons (Fsp3) is 0.316. The van der Waals surface area contributed by atoms with Gasteiger partial charge in [-0.25, -0.2) is 8.42 Å². The van der Waals surface area contributed by atoms with E-state index in [2.05, 4.69) is 15.5 Å². The molecular weight excluding hydrogens is 450 g/mol. The molecule has 164 valence electrons. The minimum absolute atomic E-state index is 0.107. The first kappa shape index (κ1) is 21.5. The summed E-state index contributed by atoms with van der Waals surface area (Å²) < 4.78 is 56.8. The number of thioether (sulfide) groups is 1. The van der Waals surface area contributed by atoms with Crippen molar-refractivity contribution in [3.05, 3.63) is 54.2 Å². The highest BCUT2D eigenvalue weighted by atomic mass is 32.2. The molecule has 4 rings (SSSR count). The average Bonchev–Trinajstić information content (AvgIpc) is 3.30. The summed E-state index contributed by atoms with van der Waals surface area (Å²) in [6, 6.07) is 8.68. The summed E-state index contributed by atoms with van der Waals surface area (Å²) in [7, 11) is -4.85. The van der Waals surface area contributed by atoms with Crippen molar-refractivity contribution in [2.45, 2.75) is 41.1 Å². The predicted molar refractivity (Wildman–Crippen MR) is 109 cm³/mol. The standard InChI is InChI=1S/C19H18F2N4O4S2/c20-18(21)31(27,28)15-6-2-1-5-14(15)22-16(26)11-30-19-24-23-17(12-7-8-12)25(19)10-13-4-3-9-29-13/h1-6,9,12,18H,7-8,10-11H2,(H,22,26). The molecule has 0 saturated heterocycles. The number of benzene rings is 1. The van der Waals surface area contributed by atoms with Gasteiger partial charge in [0, 0.05) is 5.92 Å². The molecular formula is C19H18F2N4O4S2. The van der Waals surface area contributed by atoms with Crippen LogP contribution in [0.5, 0.6) is 0 Å². The number of anilines is 1. The van der Waals surface area contributed by atoms with Crippen LogP contribution in [0, 0.1) is 0 Å². The van der Waals surface area contributed by atoms with E-state index in [1.807, 2.05) is 10.6 Å². The number of halogens is 2. The van der Waals surface area contributed by atoms with Crippen LogP contribution in [-0.2, 0) is 21.2 Å². The van der Waals surface area contributed by atoms with E-state index in [0.29, 0.717) is 17.6 Å². The Morgan fingerprint density at radius 1 is 1.23 bits per heavy atom. The van der Waals surface area contributed by atoms with E-state index in [-0.39, 0.29) is 11.4 Å². The smallest absolute Gasteiger partial charge is 0.341 e. The molecule has 1 aliphatic rings. The molecule has 1 amide bonds. The van der Waals surface area contributed by atoms with Gasteiger partial charge >= 0.3 is 5.76 Å². The molecule has 3 aromatic rings. The zero-order valence-corrected chi connectivity index (χ0v) is 17.7. The molecule has 0 aliphatic heterocycles. The highest BCUT2D eigenvalue weighted by molar-refractivity contribution is 7.99. The Morgan fingerprint density at radius 2 is 2.00 bits per heavy atom. The predicted octanol–water partition coefficient (Wildman–Crippen LogP) is 3.52. The second-order valence-electron chi connectivity index (χ2n) is 6.92. The molecule has 12 heteroatoms. The first-order valence-electron chi connectivity index (χ1n) is 9.35. The zero-order valence-electron chi connectivity index (χ0n) is 16.1. The van der Waals surface area contributed by atoms with Crippen molar-refractivity contribution in [3.63, 3.8) is 0 Å². The number of carbonyl (C=O) groups is 1. The fourth-order valence-corrected chi connectivity index (χ4v) is 4.62. The Morgan fingerprint density at radius 3 is 2.68 bits per heavy atom. The lowest BCUT2D eigenvalue weighted by Crippen LogP contribution is -2.19. The van der Waals surface area contributed by atoms with E-state index in [9.17, 15) is 22.0 Å². The van der Waals surface area contributed by atoms with Crippen LogP contribution in [0.1, 0.15) is 30.3 Å². The van der Waals surface area contributed by atoms with Crippen molar-refractivity contribution in [2.75, 3.05) is 11.1 Å². The lowest BCUT2D eigenvalue weighted by Gasteiger charge is -2.11. The fourth-order valence-electron chi connectivity index (χ4n) is 2.99. The Hall–Kier alpha value is -2.73. The topological polar surface area (TPSA) is 107 Å². The summed E-state index contributed by atoms with van der Waals surface area (Å²) in [5.74, 6) is -2.36. The quantitative estimate of drug-likeness (QED) is 0.479. The van der Waals surface area contributed by atoms with E-state index in [1.165, 1.54) is 18.2 Å². The highest BCUT2D eigenvalue weighted by Crippen LogP contribution is 2.40. The second kappa shape index (κ2) is 8.79. The monoisotopic (exact) mass is 468 g/mol. The summed E-state index contributed by atoms with van der Waals surface area (Å²) in [4.78, 5) is 11.8.